The van der Waals surface area contributed by atoms with Gasteiger partial charge in [0.25, 0.3) is 5.56 Å². The Morgan fingerprint density at radius 1 is 1.00 bits per heavy atom. The van der Waals surface area contributed by atoms with Gasteiger partial charge < -0.3 is 10.3 Å². The van der Waals surface area contributed by atoms with Gasteiger partial charge in [-0.1, -0.05) is 34.1 Å². The summed E-state index contributed by atoms with van der Waals surface area (Å²) in [6.07, 6.45) is 0. The van der Waals surface area contributed by atoms with Gasteiger partial charge in [0.15, 0.2) is 0 Å². The summed E-state index contributed by atoms with van der Waals surface area (Å²) in [6.45, 7) is 0.444. The first kappa shape index (κ1) is 19.2. The third kappa shape index (κ3) is 2.93. The van der Waals surface area contributed by atoms with E-state index in [4.69, 9.17) is 5.73 Å². The molecular weight excluding hydrogens is 460 g/mol. The summed E-state index contributed by atoms with van der Waals surface area (Å²) in [4.78, 5) is 17.8. The number of nitrogens with zero attached hydrogens (tertiary/aromatic N) is 3. The topological polar surface area (TPSA) is 65.8 Å². The molecule has 150 valence electrons. The number of hydrogen-bond acceptors (Lipinski definition) is 4. The molecular formula is C23H19BrN4OS. The molecule has 0 aliphatic heterocycles. The average molecular weight is 479 g/mol. The maximum absolute atomic E-state index is 13.1. The van der Waals surface area contributed by atoms with E-state index in [-0.39, 0.29) is 5.56 Å². The number of hydrogen-bond donors (Lipinski definition) is 1. The first-order valence-corrected chi connectivity index (χ1v) is 11.2. The van der Waals surface area contributed by atoms with Gasteiger partial charge in [0.1, 0.15) is 10.7 Å². The Kier molecular flexibility index (Phi) is 4.61. The smallest absolute Gasteiger partial charge is 0.259 e. The maximum Gasteiger partial charge on any atom is 0.259 e. The van der Waals surface area contributed by atoms with E-state index in [1.807, 2.05) is 49.8 Å². The third-order valence-corrected chi connectivity index (χ3v) is 6.93. The largest absolute Gasteiger partial charge is 0.330 e. The van der Waals surface area contributed by atoms with E-state index in [0.717, 1.165) is 48.2 Å². The van der Waals surface area contributed by atoms with E-state index >= 15 is 0 Å². The number of halogens is 1. The number of aromatic nitrogens is 3. The molecule has 5 nitrogen and oxygen atoms in total. The average Bonchev–Trinajstić information content (AvgIpc) is 3.34. The Bertz CT molecular complexity index is 1480. The highest BCUT2D eigenvalue weighted by Gasteiger charge is 2.17. The molecule has 3 aromatic heterocycles. The molecule has 5 aromatic rings. The summed E-state index contributed by atoms with van der Waals surface area (Å²) >= 11 is 5.04. The van der Waals surface area contributed by atoms with Crippen LogP contribution < -0.4 is 11.3 Å². The van der Waals surface area contributed by atoms with Crippen LogP contribution in [-0.4, -0.2) is 14.1 Å². The molecule has 0 saturated heterocycles. The van der Waals surface area contributed by atoms with E-state index in [9.17, 15) is 4.79 Å². The van der Waals surface area contributed by atoms with E-state index in [0.29, 0.717) is 12.1 Å². The maximum atomic E-state index is 13.1. The minimum absolute atomic E-state index is 0.0111. The van der Waals surface area contributed by atoms with Gasteiger partial charge >= 0.3 is 0 Å². The molecule has 0 amide bonds. The van der Waals surface area contributed by atoms with Gasteiger partial charge in [-0.25, -0.2) is 4.98 Å². The molecule has 5 rings (SSSR count). The van der Waals surface area contributed by atoms with Crippen molar-refractivity contribution in [1.29, 1.82) is 0 Å². The number of nitrogens with two attached hydrogens (primary N) is 1. The molecule has 0 atom stereocenters. The van der Waals surface area contributed by atoms with Crippen LogP contribution in [0.15, 0.2) is 63.2 Å². The van der Waals surface area contributed by atoms with E-state index < -0.39 is 0 Å². The molecule has 0 radical (unpaired) electrons. The summed E-state index contributed by atoms with van der Waals surface area (Å²) in [5.41, 5.74) is 11.3. The Labute approximate surface area is 185 Å². The fourth-order valence-corrected chi connectivity index (χ4v) is 4.97. The van der Waals surface area contributed by atoms with Crippen molar-refractivity contribution in [3.63, 3.8) is 0 Å². The minimum Gasteiger partial charge on any atom is -0.330 e. The highest BCUT2D eigenvalue weighted by Crippen LogP contribution is 2.33. The lowest BCUT2D eigenvalue weighted by molar-refractivity contribution is 0.846. The van der Waals surface area contributed by atoms with Crippen molar-refractivity contribution in [2.75, 3.05) is 0 Å². The molecule has 2 aromatic carbocycles. The van der Waals surface area contributed by atoms with Crippen LogP contribution >= 0.6 is 27.3 Å². The summed E-state index contributed by atoms with van der Waals surface area (Å²) in [7, 11) is 3.83. The summed E-state index contributed by atoms with van der Waals surface area (Å²) in [5.74, 6) is 0. The molecule has 0 aliphatic carbocycles. The summed E-state index contributed by atoms with van der Waals surface area (Å²) in [5, 5.41) is 5.10. The van der Waals surface area contributed by atoms with Gasteiger partial charge in [-0.15, -0.1) is 11.3 Å². The lowest BCUT2D eigenvalue weighted by Crippen LogP contribution is -2.20. The predicted octanol–water partition coefficient (Wildman–Crippen LogP) is 5.04. The van der Waals surface area contributed by atoms with Crippen LogP contribution in [0.25, 0.3) is 44.3 Å². The van der Waals surface area contributed by atoms with Gasteiger partial charge in [-0.3, -0.25) is 9.36 Å². The Morgan fingerprint density at radius 2 is 1.73 bits per heavy atom. The van der Waals surface area contributed by atoms with E-state index in [1.165, 1.54) is 0 Å². The van der Waals surface area contributed by atoms with Crippen LogP contribution in [0.2, 0.25) is 0 Å². The van der Waals surface area contributed by atoms with Crippen molar-refractivity contribution < 1.29 is 0 Å². The number of rotatable bonds is 3. The highest BCUT2D eigenvalue weighted by atomic mass is 79.9. The van der Waals surface area contributed by atoms with Crippen molar-refractivity contribution in [3.8, 4) is 22.4 Å². The molecule has 30 heavy (non-hydrogen) atoms. The first-order chi connectivity index (χ1) is 14.5. The fourth-order valence-electron chi connectivity index (χ4n) is 4.02. The van der Waals surface area contributed by atoms with Crippen molar-refractivity contribution in [2.24, 2.45) is 19.8 Å². The second-order valence-electron chi connectivity index (χ2n) is 7.29. The van der Waals surface area contributed by atoms with Crippen molar-refractivity contribution in [2.45, 2.75) is 6.54 Å². The molecule has 0 saturated carbocycles. The Hall–Kier alpha value is -2.74. The van der Waals surface area contributed by atoms with E-state index in [2.05, 4.69) is 43.7 Å². The van der Waals surface area contributed by atoms with Crippen LogP contribution in [0.3, 0.4) is 0 Å². The van der Waals surface area contributed by atoms with Gasteiger partial charge in [0.05, 0.1) is 11.2 Å². The van der Waals surface area contributed by atoms with Crippen molar-refractivity contribution in [1.82, 2.24) is 14.1 Å². The quantitative estimate of drug-likeness (QED) is 0.394. The molecule has 0 bridgehead atoms. The van der Waals surface area contributed by atoms with Gasteiger partial charge in [-0.2, -0.15) is 0 Å². The Balaban J connectivity index is 1.81. The fraction of sp³-hybridized carbons (Fsp3) is 0.130. The van der Waals surface area contributed by atoms with Crippen LogP contribution in [-0.2, 0) is 20.6 Å². The van der Waals surface area contributed by atoms with Crippen LogP contribution in [0.4, 0.5) is 0 Å². The predicted molar refractivity (Wildman–Crippen MR) is 128 cm³/mol. The van der Waals surface area contributed by atoms with Crippen molar-refractivity contribution >= 4 is 49.2 Å². The van der Waals surface area contributed by atoms with Crippen LogP contribution in [0, 0.1) is 0 Å². The number of fused-ring (bicyclic) bond motifs is 3. The highest BCUT2D eigenvalue weighted by molar-refractivity contribution is 9.10. The van der Waals surface area contributed by atoms with Crippen LogP contribution in [0.1, 0.15) is 5.01 Å². The van der Waals surface area contributed by atoms with Gasteiger partial charge in [0.2, 0.25) is 0 Å². The number of thiazole rings is 1. The third-order valence-electron chi connectivity index (χ3n) is 5.53. The zero-order valence-corrected chi connectivity index (χ0v) is 18.9. The number of pyridine rings is 1. The first-order valence-electron chi connectivity index (χ1n) is 9.51. The zero-order valence-electron chi connectivity index (χ0n) is 16.5. The molecule has 0 aliphatic rings. The zero-order chi connectivity index (χ0) is 21.0. The number of aryl methyl sites for hydroxylation is 2. The lowest BCUT2D eigenvalue weighted by Gasteiger charge is -2.08. The monoisotopic (exact) mass is 478 g/mol. The standard InChI is InChI=1S/C23H19BrN4OS/c1-27-20-8-5-14(19-12-30-21(11-25)26-19)9-17(20)18-10-16(23(29)28(2)22(18)27)13-3-6-15(24)7-4-13/h3-10,12H,11,25H2,1-2H3. The molecule has 0 unspecified atom stereocenters. The lowest BCUT2D eigenvalue weighted by atomic mass is 10.0. The molecule has 0 fully saturated rings. The summed E-state index contributed by atoms with van der Waals surface area (Å²) < 4.78 is 4.80. The normalized spacial score (nSPS) is 11.6. The van der Waals surface area contributed by atoms with Crippen LogP contribution in [0.5, 0.6) is 0 Å². The molecule has 7 heteroatoms. The summed E-state index contributed by atoms with van der Waals surface area (Å²) in [6, 6.07) is 16.2. The van der Waals surface area contributed by atoms with Gasteiger partial charge in [0, 0.05) is 52.4 Å². The SMILES string of the molecule is Cn1c(=O)c(-c2ccc(Br)cc2)cc2c3cc(-c4csc(CN)n4)ccc3n(C)c21. The Morgan fingerprint density at radius 3 is 2.43 bits per heavy atom. The molecule has 2 N–H and O–H groups in total. The second-order valence-corrected chi connectivity index (χ2v) is 9.15. The second kappa shape index (κ2) is 7.19. The van der Waals surface area contributed by atoms with Gasteiger partial charge in [-0.05, 0) is 35.9 Å². The van der Waals surface area contributed by atoms with Crippen molar-refractivity contribution in [3.05, 3.63) is 73.7 Å². The van der Waals surface area contributed by atoms with E-state index in [1.54, 1.807) is 15.9 Å². The molecule has 3 heterocycles. The number of benzene rings is 2. The molecule has 0 spiro atoms. The minimum atomic E-state index is -0.0111.